The first-order chi connectivity index (χ1) is 4.41. The molecule has 0 heteroatoms. The van der Waals surface area contributed by atoms with Gasteiger partial charge in [0.1, 0.15) is 0 Å². The third kappa shape index (κ3) is 6.78. The standard InChI is InChI=1S/C9H10/c1-3-5-7-9-8-6-4-2/h4-8H,1H2,2H3. The van der Waals surface area contributed by atoms with Gasteiger partial charge in [-0.15, -0.1) is 11.5 Å². The van der Waals surface area contributed by atoms with E-state index in [1.165, 1.54) is 0 Å². The summed E-state index contributed by atoms with van der Waals surface area (Å²) >= 11 is 0. The molecule has 0 aliphatic heterocycles. The van der Waals surface area contributed by atoms with Crippen LogP contribution in [0.2, 0.25) is 0 Å². The van der Waals surface area contributed by atoms with Crippen molar-refractivity contribution in [2.75, 3.05) is 0 Å². The summed E-state index contributed by atoms with van der Waals surface area (Å²) in [5.41, 5.74) is 5.50. The Morgan fingerprint density at radius 3 is 2.56 bits per heavy atom. The Labute approximate surface area is 56.2 Å². The SMILES string of the molecule is C=C=CC=C=CC=CC. The van der Waals surface area contributed by atoms with Gasteiger partial charge in [0.25, 0.3) is 0 Å². The summed E-state index contributed by atoms with van der Waals surface area (Å²) in [6.07, 6.45) is 9.15. The Morgan fingerprint density at radius 2 is 2.00 bits per heavy atom. The zero-order valence-electron chi connectivity index (χ0n) is 5.59. The van der Waals surface area contributed by atoms with E-state index in [2.05, 4.69) is 18.0 Å². The van der Waals surface area contributed by atoms with Gasteiger partial charge in [0.15, 0.2) is 0 Å². The van der Waals surface area contributed by atoms with Crippen LogP contribution in [0.3, 0.4) is 0 Å². The summed E-state index contributed by atoms with van der Waals surface area (Å²) < 4.78 is 0. The van der Waals surface area contributed by atoms with Crippen molar-refractivity contribution in [3.05, 3.63) is 48.4 Å². The molecule has 0 nitrogen and oxygen atoms in total. The van der Waals surface area contributed by atoms with Crippen molar-refractivity contribution < 1.29 is 0 Å². The van der Waals surface area contributed by atoms with Crippen molar-refractivity contribution in [1.29, 1.82) is 0 Å². The molecule has 0 aliphatic carbocycles. The first-order valence-corrected chi connectivity index (χ1v) is 2.80. The average Bonchev–Trinajstić information content (AvgIpc) is 1.89. The second-order valence-electron chi connectivity index (χ2n) is 1.40. The Morgan fingerprint density at radius 1 is 1.22 bits per heavy atom. The smallest absolute Gasteiger partial charge is 0.0123 e. The van der Waals surface area contributed by atoms with E-state index < -0.39 is 0 Å². The third-order valence-electron chi connectivity index (χ3n) is 0.682. The Hall–Kier alpha value is -1.22. The summed E-state index contributed by atoms with van der Waals surface area (Å²) in [4.78, 5) is 0. The van der Waals surface area contributed by atoms with Crippen LogP contribution in [0.5, 0.6) is 0 Å². The fraction of sp³-hybridized carbons (Fsp3) is 0.111. The quantitative estimate of drug-likeness (QED) is 0.386. The average molecular weight is 118 g/mol. The number of hydrogen-bond donors (Lipinski definition) is 0. The molecule has 0 heterocycles. The molecule has 0 saturated carbocycles. The van der Waals surface area contributed by atoms with Crippen molar-refractivity contribution >= 4 is 0 Å². The van der Waals surface area contributed by atoms with Crippen LogP contribution in [-0.4, -0.2) is 0 Å². The highest BCUT2D eigenvalue weighted by atomic mass is 13.6. The van der Waals surface area contributed by atoms with Gasteiger partial charge >= 0.3 is 0 Å². The summed E-state index contributed by atoms with van der Waals surface area (Å²) in [5.74, 6) is 0. The van der Waals surface area contributed by atoms with Gasteiger partial charge in [-0.25, -0.2) is 0 Å². The molecule has 0 amide bonds. The van der Waals surface area contributed by atoms with Crippen LogP contribution in [0.25, 0.3) is 0 Å². The fourth-order valence-electron chi connectivity index (χ4n) is 0.314. The van der Waals surface area contributed by atoms with Crippen LogP contribution in [0, 0.1) is 0 Å². The van der Waals surface area contributed by atoms with Crippen LogP contribution in [0.15, 0.2) is 48.4 Å². The lowest BCUT2D eigenvalue weighted by molar-refractivity contribution is 1.74. The first kappa shape index (κ1) is 7.78. The maximum absolute atomic E-state index is 3.39. The minimum atomic E-state index is 1.71. The molecule has 9 heavy (non-hydrogen) atoms. The van der Waals surface area contributed by atoms with E-state index >= 15 is 0 Å². The molecular weight excluding hydrogens is 108 g/mol. The molecule has 0 rings (SSSR count). The van der Waals surface area contributed by atoms with Crippen molar-refractivity contribution in [3.8, 4) is 0 Å². The molecule has 0 aliphatic rings. The number of rotatable bonds is 2. The highest BCUT2D eigenvalue weighted by molar-refractivity contribution is 5.06. The molecule has 0 bridgehead atoms. The normalized spacial score (nSPS) is 7.67. The topological polar surface area (TPSA) is 0 Å². The minimum absolute atomic E-state index is 1.71. The predicted octanol–water partition coefficient (Wildman–Crippen LogP) is 2.61. The maximum Gasteiger partial charge on any atom is -0.0123 e. The monoisotopic (exact) mass is 118 g/mol. The van der Waals surface area contributed by atoms with Crippen LogP contribution in [-0.2, 0) is 0 Å². The van der Waals surface area contributed by atoms with Crippen molar-refractivity contribution in [3.63, 3.8) is 0 Å². The number of allylic oxidation sites excluding steroid dienone is 4. The number of hydrogen-bond acceptors (Lipinski definition) is 0. The molecule has 0 spiro atoms. The molecule has 0 aromatic rings. The maximum atomic E-state index is 3.39. The second-order valence-corrected chi connectivity index (χ2v) is 1.40. The predicted molar refractivity (Wildman–Crippen MR) is 41.2 cm³/mol. The van der Waals surface area contributed by atoms with Crippen molar-refractivity contribution in [1.82, 2.24) is 0 Å². The van der Waals surface area contributed by atoms with Crippen molar-refractivity contribution in [2.24, 2.45) is 0 Å². The molecule has 46 valence electrons. The van der Waals surface area contributed by atoms with E-state index in [1.54, 1.807) is 12.2 Å². The van der Waals surface area contributed by atoms with Gasteiger partial charge in [-0.1, -0.05) is 18.7 Å². The van der Waals surface area contributed by atoms with E-state index in [0.29, 0.717) is 0 Å². The Kier molecular flexibility index (Phi) is 5.86. The van der Waals surface area contributed by atoms with Gasteiger partial charge in [-0.2, -0.15) is 0 Å². The van der Waals surface area contributed by atoms with Gasteiger partial charge in [0.2, 0.25) is 0 Å². The van der Waals surface area contributed by atoms with Crippen LogP contribution in [0.4, 0.5) is 0 Å². The van der Waals surface area contributed by atoms with E-state index in [4.69, 9.17) is 0 Å². The molecule has 0 unspecified atom stereocenters. The fourth-order valence-corrected chi connectivity index (χ4v) is 0.314. The van der Waals surface area contributed by atoms with E-state index in [-0.39, 0.29) is 0 Å². The zero-order chi connectivity index (χ0) is 6.95. The molecule has 0 radical (unpaired) electrons. The van der Waals surface area contributed by atoms with Gasteiger partial charge in [0, 0.05) is 0 Å². The zero-order valence-corrected chi connectivity index (χ0v) is 5.59. The van der Waals surface area contributed by atoms with Gasteiger partial charge in [-0.3, -0.25) is 0 Å². The van der Waals surface area contributed by atoms with Gasteiger partial charge in [-0.05, 0) is 25.2 Å². The first-order valence-electron chi connectivity index (χ1n) is 2.80. The van der Waals surface area contributed by atoms with Crippen molar-refractivity contribution in [2.45, 2.75) is 6.92 Å². The van der Waals surface area contributed by atoms with Crippen LogP contribution >= 0.6 is 0 Å². The molecular formula is C9H10. The molecule has 0 saturated heterocycles. The lowest BCUT2D eigenvalue weighted by Crippen LogP contribution is -1.41. The highest BCUT2D eigenvalue weighted by Gasteiger charge is 1.52. The van der Waals surface area contributed by atoms with Crippen LogP contribution in [0.1, 0.15) is 6.92 Å². The molecule has 0 atom stereocenters. The summed E-state index contributed by atoms with van der Waals surface area (Å²) in [7, 11) is 0. The Bertz CT molecular complexity index is 182. The summed E-state index contributed by atoms with van der Waals surface area (Å²) in [6, 6.07) is 0. The highest BCUT2D eigenvalue weighted by Crippen LogP contribution is 1.72. The summed E-state index contributed by atoms with van der Waals surface area (Å²) in [5, 5.41) is 0. The minimum Gasteiger partial charge on any atom is -0.128 e. The summed E-state index contributed by atoms with van der Waals surface area (Å²) in [6.45, 7) is 5.35. The third-order valence-corrected chi connectivity index (χ3v) is 0.682. The molecule has 0 N–H and O–H groups in total. The molecule has 0 fully saturated rings. The van der Waals surface area contributed by atoms with E-state index in [9.17, 15) is 0 Å². The molecule has 0 aromatic heterocycles. The lowest BCUT2D eigenvalue weighted by Gasteiger charge is -1.62. The lowest BCUT2D eigenvalue weighted by atomic mass is 10.4. The van der Waals surface area contributed by atoms with Crippen LogP contribution < -0.4 is 0 Å². The Balaban J connectivity index is 3.81. The van der Waals surface area contributed by atoms with E-state index in [1.807, 2.05) is 25.2 Å². The molecule has 0 aromatic carbocycles. The second kappa shape index (κ2) is 6.78. The van der Waals surface area contributed by atoms with Gasteiger partial charge in [0.05, 0.1) is 0 Å². The van der Waals surface area contributed by atoms with Gasteiger partial charge < -0.3 is 0 Å². The van der Waals surface area contributed by atoms with E-state index in [0.717, 1.165) is 0 Å². The largest absolute Gasteiger partial charge is 0.128 e.